The third-order valence-corrected chi connectivity index (χ3v) is 2.92. The Hall–Kier alpha value is -0.520. The zero-order chi connectivity index (χ0) is 7.52. The Balaban J connectivity index is 2.08. The lowest BCUT2D eigenvalue weighted by Crippen LogP contribution is -2.13. The molecule has 2 bridgehead atoms. The van der Waals surface area contributed by atoms with Crippen LogP contribution in [0.2, 0.25) is 0 Å². The molecule has 2 unspecified atom stereocenters. The first-order valence-corrected chi connectivity index (χ1v) is 4.78. The molecule has 0 N–H and O–H groups in total. The van der Waals surface area contributed by atoms with E-state index in [9.17, 15) is 0 Å². The minimum absolute atomic E-state index is 0.902. The van der Waals surface area contributed by atoms with Gasteiger partial charge in [0, 0.05) is 0 Å². The first-order valence-electron chi connectivity index (χ1n) is 4.78. The fourth-order valence-electron chi connectivity index (χ4n) is 2.29. The Morgan fingerprint density at radius 2 is 2.09 bits per heavy atom. The van der Waals surface area contributed by atoms with E-state index < -0.39 is 0 Å². The average molecular weight is 148 g/mol. The molecule has 0 heteroatoms. The van der Waals surface area contributed by atoms with Crippen LogP contribution in [0.3, 0.4) is 0 Å². The molecule has 0 aromatic carbocycles. The summed E-state index contributed by atoms with van der Waals surface area (Å²) in [7, 11) is 0. The van der Waals surface area contributed by atoms with Gasteiger partial charge in [0.1, 0.15) is 0 Å². The van der Waals surface area contributed by atoms with Crippen LogP contribution in [0.15, 0.2) is 24.3 Å². The highest BCUT2D eigenvalue weighted by molar-refractivity contribution is 5.07. The maximum absolute atomic E-state index is 2.39. The van der Waals surface area contributed by atoms with Crippen LogP contribution in [0.5, 0.6) is 0 Å². The van der Waals surface area contributed by atoms with Crippen molar-refractivity contribution in [3.8, 4) is 0 Å². The van der Waals surface area contributed by atoms with Gasteiger partial charge in [-0.15, -0.1) is 0 Å². The second-order valence-corrected chi connectivity index (χ2v) is 3.84. The van der Waals surface area contributed by atoms with Gasteiger partial charge in [-0.3, -0.25) is 0 Å². The third-order valence-electron chi connectivity index (χ3n) is 2.92. The zero-order valence-electron chi connectivity index (χ0n) is 7.00. The van der Waals surface area contributed by atoms with Gasteiger partial charge in [0.25, 0.3) is 0 Å². The molecule has 0 amide bonds. The van der Waals surface area contributed by atoms with Crippen LogP contribution in [0, 0.1) is 11.8 Å². The van der Waals surface area contributed by atoms with Crippen LogP contribution in [0.4, 0.5) is 0 Å². The van der Waals surface area contributed by atoms with Crippen molar-refractivity contribution in [2.45, 2.75) is 32.1 Å². The molecule has 0 nitrogen and oxygen atoms in total. The zero-order valence-corrected chi connectivity index (χ0v) is 7.00. The standard InChI is InChI=1S/C11H16/c1-2-5-10-7-4-8-11(9-10)6-3-1/h1-3,5,10-11H,4,6-9H2/b3-1-,5-2-. The summed E-state index contributed by atoms with van der Waals surface area (Å²) in [6, 6.07) is 0. The van der Waals surface area contributed by atoms with Crippen molar-refractivity contribution in [3.05, 3.63) is 24.3 Å². The van der Waals surface area contributed by atoms with E-state index in [0.29, 0.717) is 0 Å². The van der Waals surface area contributed by atoms with Gasteiger partial charge in [-0.2, -0.15) is 0 Å². The molecule has 0 aromatic heterocycles. The summed E-state index contributed by atoms with van der Waals surface area (Å²) in [5.74, 6) is 1.90. The van der Waals surface area contributed by atoms with Crippen LogP contribution in [0.1, 0.15) is 32.1 Å². The molecular weight excluding hydrogens is 132 g/mol. The summed E-state index contributed by atoms with van der Waals surface area (Å²) in [5, 5.41) is 0. The van der Waals surface area contributed by atoms with E-state index in [1.807, 2.05) is 0 Å². The number of hydrogen-bond donors (Lipinski definition) is 0. The minimum Gasteiger partial charge on any atom is -0.0843 e. The van der Waals surface area contributed by atoms with Crippen LogP contribution in [-0.4, -0.2) is 0 Å². The quantitative estimate of drug-likeness (QED) is 0.494. The van der Waals surface area contributed by atoms with Crippen LogP contribution in [0.25, 0.3) is 0 Å². The summed E-state index contributed by atoms with van der Waals surface area (Å²) in [6.07, 6.45) is 16.3. The van der Waals surface area contributed by atoms with E-state index in [1.54, 1.807) is 0 Å². The van der Waals surface area contributed by atoms with Crippen LogP contribution < -0.4 is 0 Å². The molecule has 2 atom stereocenters. The van der Waals surface area contributed by atoms with Crippen molar-refractivity contribution in [1.82, 2.24) is 0 Å². The minimum atomic E-state index is 0.902. The van der Waals surface area contributed by atoms with Gasteiger partial charge in [0.05, 0.1) is 0 Å². The van der Waals surface area contributed by atoms with Crippen molar-refractivity contribution in [1.29, 1.82) is 0 Å². The van der Waals surface area contributed by atoms with Gasteiger partial charge in [0.2, 0.25) is 0 Å². The maximum Gasteiger partial charge on any atom is -0.0228 e. The second-order valence-electron chi connectivity index (χ2n) is 3.84. The van der Waals surface area contributed by atoms with Crippen molar-refractivity contribution < 1.29 is 0 Å². The van der Waals surface area contributed by atoms with Crippen molar-refractivity contribution >= 4 is 0 Å². The molecule has 0 aliphatic heterocycles. The molecular formula is C11H16. The average Bonchev–Trinajstić information content (AvgIpc) is 2.02. The highest BCUT2D eigenvalue weighted by atomic mass is 14.2. The fourth-order valence-corrected chi connectivity index (χ4v) is 2.29. The third kappa shape index (κ3) is 1.74. The molecule has 2 aliphatic carbocycles. The van der Waals surface area contributed by atoms with Gasteiger partial charge in [-0.1, -0.05) is 37.1 Å². The second kappa shape index (κ2) is 3.25. The number of hydrogen-bond acceptors (Lipinski definition) is 0. The smallest absolute Gasteiger partial charge is 0.0228 e. The molecule has 0 spiro atoms. The molecule has 2 aliphatic rings. The highest BCUT2D eigenvalue weighted by Crippen LogP contribution is 2.32. The molecule has 0 saturated heterocycles. The summed E-state index contributed by atoms with van der Waals surface area (Å²) in [5.41, 5.74) is 0. The first kappa shape index (κ1) is 7.15. The topological polar surface area (TPSA) is 0 Å². The van der Waals surface area contributed by atoms with Crippen molar-refractivity contribution in [3.63, 3.8) is 0 Å². The normalized spacial score (nSPS) is 42.2. The van der Waals surface area contributed by atoms with Crippen LogP contribution in [-0.2, 0) is 0 Å². The summed E-state index contributed by atoms with van der Waals surface area (Å²) in [6.45, 7) is 0. The van der Waals surface area contributed by atoms with Gasteiger partial charge in [0.15, 0.2) is 0 Å². The molecule has 2 rings (SSSR count). The highest BCUT2D eigenvalue weighted by Gasteiger charge is 2.19. The van der Waals surface area contributed by atoms with E-state index in [-0.39, 0.29) is 0 Å². The number of allylic oxidation sites excluding steroid dienone is 4. The van der Waals surface area contributed by atoms with E-state index >= 15 is 0 Å². The summed E-state index contributed by atoms with van der Waals surface area (Å²) >= 11 is 0. The Labute approximate surface area is 69.0 Å². The SMILES string of the molecule is C1=C\CC2CCCC(\C=C/1)C2. The molecule has 1 saturated carbocycles. The molecule has 11 heavy (non-hydrogen) atoms. The summed E-state index contributed by atoms with van der Waals surface area (Å²) in [4.78, 5) is 0. The molecule has 0 heterocycles. The van der Waals surface area contributed by atoms with Gasteiger partial charge >= 0.3 is 0 Å². The molecule has 0 radical (unpaired) electrons. The van der Waals surface area contributed by atoms with Crippen molar-refractivity contribution in [2.24, 2.45) is 11.8 Å². The molecule has 60 valence electrons. The largest absolute Gasteiger partial charge is 0.0843 e. The fraction of sp³-hybridized carbons (Fsp3) is 0.636. The van der Waals surface area contributed by atoms with Gasteiger partial charge in [-0.25, -0.2) is 0 Å². The predicted molar refractivity (Wildman–Crippen MR) is 48.3 cm³/mol. The predicted octanol–water partition coefficient (Wildman–Crippen LogP) is 3.31. The Kier molecular flexibility index (Phi) is 2.11. The Bertz CT molecular complexity index is 176. The van der Waals surface area contributed by atoms with E-state index in [0.717, 1.165) is 11.8 Å². The lowest BCUT2D eigenvalue weighted by Gasteiger charge is -2.27. The van der Waals surface area contributed by atoms with E-state index in [2.05, 4.69) is 24.3 Å². The van der Waals surface area contributed by atoms with Crippen molar-refractivity contribution in [2.75, 3.05) is 0 Å². The van der Waals surface area contributed by atoms with Crippen LogP contribution >= 0.6 is 0 Å². The van der Waals surface area contributed by atoms with Gasteiger partial charge < -0.3 is 0 Å². The first-order chi connectivity index (χ1) is 5.45. The van der Waals surface area contributed by atoms with Gasteiger partial charge in [-0.05, 0) is 31.1 Å². The summed E-state index contributed by atoms with van der Waals surface area (Å²) < 4.78 is 0. The lowest BCUT2D eigenvalue weighted by atomic mass is 9.79. The lowest BCUT2D eigenvalue weighted by molar-refractivity contribution is 0.305. The number of rotatable bonds is 0. The number of fused-ring (bicyclic) bond motifs is 2. The Morgan fingerprint density at radius 3 is 3.09 bits per heavy atom. The van der Waals surface area contributed by atoms with E-state index in [1.165, 1.54) is 32.1 Å². The maximum atomic E-state index is 2.39. The molecule has 0 aromatic rings. The molecule has 1 fully saturated rings. The monoisotopic (exact) mass is 148 g/mol. The van der Waals surface area contributed by atoms with E-state index in [4.69, 9.17) is 0 Å². The Morgan fingerprint density at radius 1 is 1.09 bits per heavy atom.